The van der Waals surface area contributed by atoms with Gasteiger partial charge in [-0.1, -0.05) is 18.9 Å². The van der Waals surface area contributed by atoms with Gasteiger partial charge in [-0.3, -0.25) is 4.79 Å². The van der Waals surface area contributed by atoms with Gasteiger partial charge < -0.3 is 14.6 Å². The van der Waals surface area contributed by atoms with E-state index in [4.69, 9.17) is 14.6 Å². The zero-order chi connectivity index (χ0) is 20.1. The molecule has 0 spiro atoms. The van der Waals surface area contributed by atoms with Crippen LogP contribution in [0.4, 0.5) is 8.78 Å². The molecule has 0 saturated heterocycles. The number of hydrogen-bond donors (Lipinski definition) is 1. The van der Waals surface area contributed by atoms with Gasteiger partial charge in [-0.15, -0.1) is 0 Å². The molecule has 154 valence electrons. The molecule has 0 bridgehead atoms. The molecule has 1 aromatic rings. The maximum Gasteiger partial charge on any atom is 0.303 e. The molecule has 28 heavy (non-hydrogen) atoms. The number of carboxylic acid groups (broad SMARTS) is 1. The van der Waals surface area contributed by atoms with Gasteiger partial charge in [-0.25, -0.2) is 8.78 Å². The van der Waals surface area contributed by atoms with Crippen molar-refractivity contribution in [1.29, 1.82) is 0 Å². The Hall–Kier alpha value is -1.95. The maximum absolute atomic E-state index is 14.1. The van der Waals surface area contributed by atoms with Crippen molar-refractivity contribution in [3.63, 3.8) is 0 Å². The summed E-state index contributed by atoms with van der Waals surface area (Å²) < 4.78 is 39.6. The molecule has 4 nitrogen and oxygen atoms in total. The van der Waals surface area contributed by atoms with Crippen molar-refractivity contribution in [1.82, 2.24) is 0 Å². The molecule has 1 N–H and O–H groups in total. The predicted octanol–water partition coefficient (Wildman–Crippen LogP) is 5.10. The molecule has 0 radical (unpaired) electrons. The van der Waals surface area contributed by atoms with Gasteiger partial charge in [-0.2, -0.15) is 0 Å². The fourth-order valence-corrected chi connectivity index (χ4v) is 4.17. The number of aliphatic carboxylic acids is 1. The highest BCUT2D eigenvalue weighted by Gasteiger charge is 2.29. The van der Waals surface area contributed by atoms with Gasteiger partial charge in [0.05, 0.1) is 13.2 Å². The minimum atomic E-state index is -3.06. The third-order valence-electron chi connectivity index (χ3n) is 5.68. The van der Waals surface area contributed by atoms with Crippen LogP contribution in [0.2, 0.25) is 0 Å². The number of benzene rings is 1. The SMILES string of the molecule is CC(F)(F)c1cc(OCC2=C(C3CCCC3)COCC2)ccc1CCC(=O)O. The smallest absolute Gasteiger partial charge is 0.303 e. The average molecular weight is 394 g/mol. The van der Waals surface area contributed by atoms with Crippen LogP contribution in [-0.4, -0.2) is 30.9 Å². The van der Waals surface area contributed by atoms with Crippen LogP contribution in [-0.2, 0) is 21.9 Å². The lowest BCUT2D eigenvalue weighted by molar-refractivity contribution is -0.137. The van der Waals surface area contributed by atoms with E-state index in [1.807, 2.05) is 0 Å². The van der Waals surface area contributed by atoms with Crippen molar-refractivity contribution in [2.45, 2.75) is 57.8 Å². The number of rotatable bonds is 8. The second-order valence-corrected chi connectivity index (χ2v) is 7.80. The van der Waals surface area contributed by atoms with E-state index < -0.39 is 11.9 Å². The standard InChI is InChI=1S/C22H28F2O4/c1-22(23,24)20-12-18(8-6-16(20)7-9-21(25)26)28-13-17-10-11-27-14-19(17)15-4-2-3-5-15/h6,8,12,15H,2-5,7,9-11,13-14H2,1H3,(H,25,26). The third kappa shape index (κ3) is 5.31. The molecule has 6 heteroatoms. The van der Waals surface area contributed by atoms with Gasteiger partial charge >= 0.3 is 5.97 Å². The molecule has 0 unspecified atom stereocenters. The molecular formula is C22H28F2O4. The minimum Gasteiger partial charge on any atom is -0.489 e. The summed E-state index contributed by atoms with van der Waals surface area (Å²) in [5, 5.41) is 8.84. The Kier molecular flexibility index (Phi) is 6.70. The summed E-state index contributed by atoms with van der Waals surface area (Å²) in [5.74, 6) is -3.11. The predicted molar refractivity (Wildman–Crippen MR) is 102 cm³/mol. The maximum atomic E-state index is 14.1. The van der Waals surface area contributed by atoms with E-state index in [0.717, 1.165) is 13.3 Å². The Balaban J connectivity index is 1.75. The van der Waals surface area contributed by atoms with E-state index in [1.54, 1.807) is 12.1 Å². The van der Waals surface area contributed by atoms with Crippen molar-refractivity contribution < 1.29 is 28.2 Å². The molecular weight excluding hydrogens is 366 g/mol. The molecule has 1 aliphatic heterocycles. The first-order chi connectivity index (χ1) is 13.3. The summed E-state index contributed by atoms with van der Waals surface area (Å²) in [6.07, 6.45) is 5.58. The third-order valence-corrected chi connectivity index (χ3v) is 5.68. The molecule has 0 amide bonds. The van der Waals surface area contributed by atoms with E-state index >= 15 is 0 Å². The molecule has 3 rings (SSSR count). The number of halogens is 2. The van der Waals surface area contributed by atoms with Crippen LogP contribution in [0, 0.1) is 5.92 Å². The topological polar surface area (TPSA) is 55.8 Å². The van der Waals surface area contributed by atoms with Gasteiger partial charge in [0.15, 0.2) is 0 Å². The number of aryl methyl sites for hydroxylation is 1. The van der Waals surface area contributed by atoms with Crippen LogP contribution in [0.5, 0.6) is 5.75 Å². The lowest BCUT2D eigenvalue weighted by Gasteiger charge is -2.25. The molecule has 1 aliphatic carbocycles. The summed E-state index contributed by atoms with van der Waals surface area (Å²) in [6, 6.07) is 4.56. The summed E-state index contributed by atoms with van der Waals surface area (Å²) in [7, 11) is 0. The van der Waals surface area contributed by atoms with E-state index in [1.165, 1.54) is 42.9 Å². The second kappa shape index (κ2) is 9.03. The zero-order valence-electron chi connectivity index (χ0n) is 16.3. The van der Waals surface area contributed by atoms with Crippen LogP contribution >= 0.6 is 0 Å². The van der Waals surface area contributed by atoms with E-state index in [2.05, 4.69) is 0 Å². The van der Waals surface area contributed by atoms with E-state index in [9.17, 15) is 13.6 Å². The van der Waals surface area contributed by atoms with Crippen molar-refractivity contribution in [2.75, 3.05) is 19.8 Å². The summed E-state index contributed by atoms with van der Waals surface area (Å²) in [5.41, 5.74) is 2.75. The van der Waals surface area contributed by atoms with Crippen molar-refractivity contribution in [3.8, 4) is 5.75 Å². The Morgan fingerprint density at radius 1 is 1.32 bits per heavy atom. The van der Waals surface area contributed by atoms with Gasteiger partial charge in [0.1, 0.15) is 12.4 Å². The van der Waals surface area contributed by atoms with Gasteiger partial charge in [0.2, 0.25) is 0 Å². The Bertz CT molecular complexity index is 731. The molecule has 0 atom stereocenters. The fourth-order valence-electron chi connectivity index (χ4n) is 4.17. The molecule has 1 heterocycles. The van der Waals surface area contributed by atoms with Crippen LogP contribution in [0.1, 0.15) is 56.6 Å². The highest BCUT2D eigenvalue weighted by atomic mass is 19.3. The Labute approximate surface area is 164 Å². The lowest BCUT2D eigenvalue weighted by Crippen LogP contribution is -2.20. The highest BCUT2D eigenvalue weighted by molar-refractivity contribution is 5.67. The molecule has 1 fully saturated rings. The average Bonchev–Trinajstić information content (AvgIpc) is 3.19. The quantitative estimate of drug-likeness (QED) is 0.623. The normalized spacial score (nSPS) is 18.5. The van der Waals surface area contributed by atoms with Crippen LogP contribution in [0.15, 0.2) is 29.3 Å². The number of alkyl halides is 2. The van der Waals surface area contributed by atoms with Crippen molar-refractivity contribution >= 4 is 5.97 Å². The Morgan fingerprint density at radius 2 is 2.07 bits per heavy atom. The Morgan fingerprint density at radius 3 is 2.75 bits per heavy atom. The number of hydrogen-bond acceptors (Lipinski definition) is 3. The van der Waals surface area contributed by atoms with Gasteiger partial charge in [0.25, 0.3) is 5.92 Å². The lowest BCUT2D eigenvalue weighted by atomic mass is 9.91. The minimum absolute atomic E-state index is 0.0721. The van der Waals surface area contributed by atoms with E-state index in [0.29, 0.717) is 37.1 Å². The van der Waals surface area contributed by atoms with Crippen molar-refractivity contribution in [3.05, 3.63) is 40.5 Å². The molecule has 1 saturated carbocycles. The summed E-state index contributed by atoms with van der Waals surface area (Å²) in [6.45, 7) is 2.53. The first-order valence-corrected chi connectivity index (χ1v) is 9.99. The number of ether oxygens (including phenoxy) is 2. The van der Waals surface area contributed by atoms with Crippen LogP contribution in [0.25, 0.3) is 0 Å². The first-order valence-electron chi connectivity index (χ1n) is 9.99. The summed E-state index contributed by atoms with van der Waals surface area (Å²) in [4.78, 5) is 10.8. The largest absolute Gasteiger partial charge is 0.489 e. The number of carbonyl (C=O) groups is 1. The molecule has 0 aromatic heterocycles. The zero-order valence-corrected chi connectivity index (χ0v) is 16.3. The number of carboxylic acids is 1. The first kappa shape index (κ1) is 20.8. The van der Waals surface area contributed by atoms with Crippen molar-refractivity contribution in [2.24, 2.45) is 5.92 Å². The van der Waals surface area contributed by atoms with Gasteiger partial charge in [-0.05, 0) is 60.4 Å². The van der Waals surface area contributed by atoms with Crippen LogP contribution in [0.3, 0.4) is 0 Å². The monoisotopic (exact) mass is 394 g/mol. The second-order valence-electron chi connectivity index (χ2n) is 7.80. The molecule has 1 aromatic carbocycles. The fraction of sp³-hybridized carbons (Fsp3) is 0.591. The highest BCUT2D eigenvalue weighted by Crippen LogP contribution is 2.36. The van der Waals surface area contributed by atoms with Crippen LogP contribution < -0.4 is 4.74 Å². The summed E-state index contributed by atoms with van der Waals surface area (Å²) >= 11 is 0. The van der Waals surface area contributed by atoms with Gasteiger partial charge in [0, 0.05) is 18.9 Å². The molecule has 2 aliphatic rings. The van der Waals surface area contributed by atoms with E-state index in [-0.39, 0.29) is 18.4 Å².